The summed E-state index contributed by atoms with van der Waals surface area (Å²) in [6, 6.07) is 21.9. The summed E-state index contributed by atoms with van der Waals surface area (Å²) in [5.74, 6) is 0. The van der Waals surface area contributed by atoms with Crippen LogP contribution < -0.4 is 5.19 Å². The van der Waals surface area contributed by atoms with E-state index in [-0.39, 0.29) is 0 Å². The minimum Gasteiger partial charge on any atom is -0.0652 e. The standard InChI is InChI=1S/C18H24Si/c1-16(14-15-17-10-6-4-7-11-17)19(2,3)18-12-8-5-9-13-18/h4-13,16H,14-15H2,1-3H3. The first-order valence-electron chi connectivity index (χ1n) is 7.20. The van der Waals surface area contributed by atoms with Crippen molar-refractivity contribution < 1.29 is 0 Å². The van der Waals surface area contributed by atoms with Gasteiger partial charge in [0.25, 0.3) is 0 Å². The Balaban J connectivity index is 2.01. The number of hydrogen-bond donors (Lipinski definition) is 0. The minimum absolute atomic E-state index is 0.801. The zero-order valence-corrected chi connectivity index (χ0v) is 13.3. The second kappa shape index (κ2) is 6.20. The molecule has 2 aromatic carbocycles. The predicted octanol–water partition coefficient (Wildman–Crippen LogP) is 4.62. The van der Waals surface area contributed by atoms with Crippen LogP contribution >= 0.6 is 0 Å². The molecular weight excluding hydrogens is 244 g/mol. The Kier molecular flexibility index (Phi) is 4.59. The van der Waals surface area contributed by atoms with Gasteiger partial charge in [0.15, 0.2) is 0 Å². The topological polar surface area (TPSA) is 0 Å². The van der Waals surface area contributed by atoms with Crippen molar-refractivity contribution in [3.8, 4) is 0 Å². The zero-order chi connectivity index (χ0) is 13.7. The van der Waals surface area contributed by atoms with Gasteiger partial charge in [-0.15, -0.1) is 0 Å². The van der Waals surface area contributed by atoms with Crippen LogP contribution in [-0.2, 0) is 6.42 Å². The van der Waals surface area contributed by atoms with Crippen molar-refractivity contribution in [3.63, 3.8) is 0 Å². The molecule has 0 N–H and O–H groups in total. The molecule has 0 spiro atoms. The monoisotopic (exact) mass is 268 g/mol. The van der Waals surface area contributed by atoms with Crippen LogP contribution in [0.25, 0.3) is 0 Å². The molecule has 0 aliphatic carbocycles. The van der Waals surface area contributed by atoms with Crippen LogP contribution in [0.1, 0.15) is 18.9 Å². The molecule has 0 fully saturated rings. The largest absolute Gasteiger partial charge is 0.0834 e. The molecule has 0 radical (unpaired) electrons. The van der Waals surface area contributed by atoms with Gasteiger partial charge >= 0.3 is 0 Å². The average Bonchev–Trinajstić information content (AvgIpc) is 2.46. The molecule has 0 nitrogen and oxygen atoms in total. The number of aryl methyl sites for hydroxylation is 1. The van der Waals surface area contributed by atoms with Crippen LogP contribution in [0.15, 0.2) is 60.7 Å². The second-order valence-electron chi connectivity index (χ2n) is 6.01. The third-order valence-electron chi connectivity index (χ3n) is 4.46. The first-order chi connectivity index (χ1) is 9.10. The lowest BCUT2D eigenvalue weighted by Crippen LogP contribution is -2.45. The summed E-state index contributed by atoms with van der Waals surface area (Å²) in [5, 5.41) is 1.58. The highest BCUT2D eigenvalue weighted by Gasteiger charge is 2.29. The normalized spacial score (nSPS) is 13.2. The predicted molar refractivity (Wildman–Crippen MR) is 87.7 cm³/mol. The quantitative estimate of drug-likeness (QED) is 0.694. The van der Waals surface area contributed by atoms with Crippen molar-refractivity contribution in [2.75, 3.05) is 0 Å². The first-order valence-corrected chi connectivity index (χ1v) is 10.3. The summed E-state index contributed by atoms with van der Waals surface area (Å²) >= 11 is 0. The Morgan fingerprint density at radius 1 is 0.842 bits per heavy atom. The SMILES string of the molecule is CC(CCc1ccccc1)[Si](C)(C)c1ccccc1. The van der Waals surface area contributed by atoms with E-state index in [1.54, 1.807) is 5.19 Å². The molecule has 2 aromatic rings. The summed E-state index contributed by atoms with van der Waals surface area (Å²) in [6.45, 7) is 7.43. The summed E-state index contributed by atoms with van der Waals surface area (Å²) in [5.41, 5.74) is 2.27. The molecule has 0 aliphatic rings. The fourth-order valence-electron chi connectivity index (χ4n) is 2.54. The van der Waals surface area contributed by atoms with Crippen molar-refractivity contribution in [1.82, 2.24) is 0 Å². The van der Waals surface area contributed by atoms with Crippen LogP contribution in [0, 0.1) is 0 Å². The van der Waals surface area contributed by atoms with E-state index >= 15 is 0 Å². The Bertz CT molecular complexity index is 488. The number of hydrogen-bond acceptors (Lipinski definition) is 0. The van der Waals surface area contributed by atoms with Gasteiger partial charge in [-0.1, -0.05) is 85.9 Å². The van der Waals surface area contributed by atoms with Crippen molar-refractivity contribution in [2.24, 2.45) is 0 Å². The van der Waals surface area contributed by atoms with E-state index in [2.05, 4.69) is 80.7 Å². The maximum absolute atomic E-state index is 2.50. The first kappa shape index (κ1) is 14.1. The van der Waals surface area contributed by atoms with Gasteiger partial charge in [0.2, 0.25) is 0 Å². The van der Waals surface area contributed by atoms with E-state index in [9.17, 15) is 0 Å². The van der Waals surface area contributed by atoms with Crippen LogP contribution in [-0.4, -0.2) is 8.07 Å². The Labute approximate surface area is 118 Å². The number of benzene rings is 2. The van der Waals surface area contributed by atoms with E-state index in [1.807, 2.05) is 0 Å². The lowest BCUT2D eigenvalue weighted by molar-refractivity contribution is 0.770. The van der Waals surface area contributed by atoms with Gasteiger partial charge in [0.1, 0.15) is 0 Å². The minimum atomic E-state index is -1.34. The summed E-state index contributed by atoms with van der Waals surface area (Å²) in [4.78, 5) is 0. The molecular formula is C18H24Si. The van der Waals surface area contributed by atoms with Crippen LogP contribution in [0.3, 0.4) is 0 Å². The summed E-state index contributed by atoms with van der Waals surface area (Å²) in [7, 11) is -1.34. The molecule has 1 heteroatoms. The van der Waals surface area contributed by atoms with Crippen molar-refractivity contribution in [2.45, 2.75) is 38.4 Å². The molecule has 0 saturated heterocycles. The van der Waals surface area contributed by atoms with Gasteiger partial charge < -0.3 is 0 Å². The number of rotatable bonds is 5. The van der Waals surface area contributed by atoms with Gasteiger partial charge in [-0.25, -0.2) is 0 Å². The Morgan fingerprint density at radius 2 is 1.37 bits per heavy atom. The molecule has 1 atom stereocenters. The summed E-state index contributed by atoms with van der Waals surface area (Å²) in [6.07, 6.45) is 2.49. The average molecular weight is 268 g/mol. The highest BCUT2D eigenvalue weighted by Crippen LogP contribution is 2.26. The van der Waals surface area contributed by atoms with E-state index in [0.29, 0.717) is 0 Å². The van der Waals surface area contributed by atoms with Crippen LogP contribution in [0.5, 0.6) is 0 Å². The van der Waals surface area contributed by atoms with E-state index < -0.39 is 8.07 Å². The maximum Gasteiger partial charge on any atom is 0.0834 e. The van der Waals surface area contributed by atoms with Crippen molar-refractivity contribution in [1.29, 1.82) is 0 Å². The molecule has 2 rings (SSSR count). The highest BCUT2D eigenvalue weighted by molar-refractivity contribution is 6.90. The highest BCUT2D eigenvalue weighted by atomic mass is 28.3. The zero-order valence-electron chi connectivity index (χ0n) is 12.3. The fraction of sp³-hybridized carbons (Fsp3) is 0.333. The molecule has 0 aromatic heterocycles. The van der Waals surface area contributed by atoms with Gasteiger partial charge in [-0.05, 0) is 23.9 Å². The van der Waals surface area contributed by atoms with E-state index in [1.165, 1.54) is 18.4 Å². The molecule has 0 heterocycles. The molecule has 100 valence electrons. The maximum atomic E-state index is 2.50. The van der Waals surface area contributed by atoms with Gasteiger partial charge in [-0.2, -0.15) is 0 Å². The molecule has 0 amide bonds. The van der Waals surface area contributed by atoms with Gasteiger partial charge in [0.05, 0.1) is 8.07 Å². The van der Waals surface area contributed by atoms with Crippen LogP contribution in [0.4, 0.5) is 0 Å². The second-order valence-corrected chi connectivity index (χ2v) is 11.0. The summed E-state index contributed by atoms with van der Waals surface area (Å²) < 4.78 is 0. The van der Waals surface area contributed by atoms with Gasteiger partial charge in [0, 0.05) is 0 Å². The molecule has 1 unspecified atom stereocenters. The van der Waals surface area contributed by atoms with Crippen molar-refractivity contribution >= 4 is 13.3 Å². The van der Waals surface area contributed by atoms with Gasteiger partial charge in [-0.3, -0.25) is 0 Å². The third-order valence-corrected chi connectivity index (χ3v) is 9.03. The molecule has 0 saturated carbocycles. The van der Waals surface area contributed by atoms with E-state index in [0.717, 1.165) is 5.54 Å². The van der Waals surface area contributed by atoms with Crippen LogP contribution in [0.2, 0.25) is 18.6 Å². The molecule has 0 aliphatic heterocycles. The lowest BCUT2D eigenvalue weighted by Gasteiger charge is -2.30. The Hall–Kier alpha value is -1.34. The lowest BCUT2D eigenvalue weighted by atomic mass is 10.1. The van der Waals surface area contributed by atoms with E-state index in [4.69, 9.17) is 0 Å². The Morgan fingerprint density at radius 3 is 1.95 bits per heavy atom. The van der Waals surface area contributed by atoms with Crippen molar-refractivity contribution in [3.05, 3.63) is 66.2 Å². The fourth-order valence-corrected chi connectivity index (χ4v) is 5.03. The molecule has 0 bridgehead atoms. The third kappa shape index (κ3) is 3.57. The smallest absolute Gasteiger partial charge is 0.0652 e. The molecule has 19 heavy (non-hydrogen) atoms.